The van der Waals surface area contributed by atoms with Crippen molar-refractivity contribution in [1.29, 1.82) is 5.26 Å². The third-order valence-corrected chi connectivity index (χ3v) is 5.14. The van der Waals surface area contributed by atoms with Crippen LogP contribution in [0.5, 0.6) is 0 Å². The molecule has 3 rings (SSSR count). The number of para-hydroxylation sites is 1. The molecule has 7 heteroatoms. The summed E-state index contributed by atoms with van der Waals surface area (Å²) in [5, 5.41) is 12.2. The van der Waals surface area contributed by atoms with Gasteiger partial charge in [-0.15, -0.1) is 6.58 Å². The van der Waals surface area contributed by atoms with E-state index in [1.807, 2.05) is 12.1 Å². The van der Waals surface area contributed by atoms with Crippen LogP contribution in [0.25, 0.3) is 10.9 Å². The Morgan fingerprint density at radius 1 is 1.36 bits per heavy atom. The summed E-state index contributed by atoms with van der Waals surface area (Å²) in [5.74, 6) is -0.243. The maximum Gasteiger partial charge on any atom is 0.262 e. The normalized spacial score (nSPS) is 11.6. The van der Waals surface area contributed by atoms with Gasteiger partial charge in [0.1, 0.15) is 0 Å². The third-order valence-electron chi connectivity index (χ3n) is 4.05. The van der Waals surface area contributed by atoms with Crippen molar-refractivity contribution in [2.24, 2.45) is 0 Å². The van der Waals surface area contributed by atoms with Gasteiger partial charge in [-0.2, -0.15) is 5.26 Å². The van der Waals surface area contributed by atoms with Gasteiger partial charge in [-0.05, 0) is 37.3 Å². The number of aromatic nitrogens is 2. The Labute approximate surface area is 166 Å². The van der Waals surface area contributed by atoms with E-state index in [0.717, 1.165) is 0 Å². The second kappa shape index (κ2) is 8.55. The molecule has 0 aliphatic rings. The SMILES string of the molecule is C=CCn1c(S[C@H](C)C(=O)Nc2cccc(C#N)c2)nc2ccccc2c1=O. The van der Waals surface area contributed by atoms with Crippen LogP contribution in [0.1, 0.15) is 12.5 Å². The lowest BCUT2D eigenvalue weighted by Gasteiger charge is -2.15. The monoisotopic (exact) mass is 390 g/mol. The summed E-state index contributed by atoms with van der Waals surface area (Å²) in [5.41, 5.74) is 1.44. The summed E-state index contributed by atoms with van der Waals surface area (Å²) in [6.45, 7) is 5.75. The number of benzene rings is 2. The molecule has 1 amide bonds. The highest BCUT2D eigenvalue weighted by Crippen LogP contribution is 2.24. The number of nitriles is 1. The Morgan fingerprint density at radius 2 is 2.14 bits per heavy atom. The first-order valence-electron chi connectivity index (χ1n) is 8.61. The van der Waals surface area contributed by atoms with Crippen molar-refractivity contribution in [2.75, 3.05) is 5.32 Å². The average Bonchev–Trinajstić information content (AvgIpc) is 2.71. The predicted molar refractivity (Wildman–Crippen MR) is 111 cm³/mol. The molecule has 0 radical (unpaired) electrons. The molecule has 0 aliphatic heterocycles. The fourth-order valence-electron chi connectivity index (χ4n) is 2.65. The molecule has 1 N–H and O–H groups in total. The minimum absolute atomic E-state index is 0.165. The number of rotatable bonds is 6. The van der Waals surface area contributed by atoms with Crippen LogP contribution in [0.3, 0.4) is 0 Å². The number of carbonyl (C=O) groups is 1. The third kappa shape index (κ3) is 4.13. The van der Waals surface area contributed by atoms with E-state index in [2.05, 4.69) is 16.9 Å². The number of hydrogen-bond donors (Lipinski definition) is 1. The van der Waals surface area contributed by atoms with E-state index in [1.165, 1.54) is 16.3 Å². The Kier molecular flexibility index (Phi) is 5.92. The first kappa shape index (κ1) is 19.4. The van der Waals surface area contributed by atoms with Crippen molar-refractivity contribution in [2.45, 2.75) is 23.9 Å². The number of nitrogens with zero attached hydrogens (tertiary/aromatic N) is 3. The molecular formula is C21H18N4O2S. The molecule has 0 saturated carbocycles. The molecule has 0 unspecified atom stereocenters. The van der Waals surface area contributed by atoms with Crippen LogP contribution in [0.2, 0.25) is 0 Å². The van der Waals surface area contributed by atoms with Crippen molar-refractivity contribution in [1.82, 2.24) is 9.55 Å². The van der Waals surface area contributed by atoms with Gasteiger partial charge in [-0.3, -0.25) is 14.2 Å². The van der Waals surface area contributed by atoms with Gasteiger partial charge in [0.05, 0.1) is 27.8 Å². The smallest absolute Gasteiger partial charge is 0.262 e. The summed E-state index contributed by atoms with van der Waals surface area (Å²) in [4.78, 5) is 29.9. The highest BCUT2D eigenvalue weighted by atomic mass is 32.2. The number of hydrogen-bond acceptors (Lipinski definition) is 5. The Hall–Kier alpha value is -3.37. The van der Waals surface area contributed by atoms with Crippen molar-refractivity contribution in [3.05, 3.63) is 77.1 Å². The molecule has 0 saturated heterocycles. The number of carbonyl (C=O) groups excluding carboxylic acids is 1. The van der Waals surface area contributed by atoms with Gasteiger partial charge >= 0.3 is 0 Å². The van der Waals surface area contributed by atoms with Gasteiger partial charge in [0, 0.05) is 12.2 Å². The van der Waals surface area contributed by atoms with E-state index in [4.69, 9.17) is 5.26 Å². The van der Waals surface area contributed by atoms with E-state index >= 15 is 0 Å². The first-order chi connectivity index (χ1) is 13.5. The number of amides is 1. The van der Waals surface area contributed by atoms with Crippen molar-refractivity contribution < 1.29 is 4.79 Å². The average molecular weight is 390 g/mol. The maximum atomic E-state index is 12.8. The number of allylic oxidation sites excluding steroid dienone is 1. The highest BCUT2D eigenvalue weighted by Gasteiger charge is 2.19. The fraction of sp³-hybridized carbons (Fsp3) is 0.143. The molecule has 140 valence electrons. The molecule has 6 nitrogen and oxygen atoms in total. The Morgan fingerprint density at radius 3 is 2.89 bits per heavy atom. The zero-order chi connectivity index (χ0) is 20.1. The van der Waals surface area contributed by atoms with Crippen molar-refractivity contribution in [3.63, 3.8) is 0 Å². The van der Waals surface area contributed by atoms with Crippen LogP contribution >= 0.6 is 11.8 Å². The van der Waals surface area contributed by atoms with Gasteiger partial charge in [-0.25, -0.2) is 4.98 Å². The van der Waals surface area contributed by atoms with E-state index in [0.29, 0.717) is 33.9 Å². The van der Waals surface area contributed by atoms with Crippen molar-refractivity contribution >= 4 is 34.3 Å². The molecule has 0 spiro atoms. The zero-order valence-electron chi connectivity index (χ0n) is 15.3. The number of nitrogens with one attached hydrogen (secondary N) is 1. The van der Waals surface area contributed by atoms with E-state index in [9.17, 15) is 9.59 Å². The zero-order valence-corrected chi connectivity index (χ0v) is 16.1. The van der Waals surface area contributed by atoms with Gasteiger partial charge in [0.15, 0.2) is 5.16 Å². The molecule has 0 aliphatic carbocycles. The van der Waals surface area contributed by atoms with Crippen LogP contribution in [0, 0.1) is 11.3 Å². The highest BCUT2D eigenvalue weighted by molar-refractivity contribution is 8.00. The number of thioether (sulfide) groups is 1. The Bertz CT molecular complexity index is 1150. The molecule has 28 heavy (non-hydrogen) atoms. The lowest BCUT2D eigenvalue weighted by molar-refractivity contribution is -0.115. The molecular weight excluding hydrogens is 372 g/mol. The van der Waals surface area contributed by atoms with Crippen LogP contribution < -0.4 is 10.9 Å². The molecule has 1 aromatic heterocycles. The molecule has 0 fully saturated rings. The molecule has 3 aromatic rings. The predicted octanol–water partition coefficient (Wildman–Crippen LogP) is 3.57. The van der Waals surface area contributed by atoms with Gasteiger partial charge in [0.25, 0.3) is 5.56 Å². The quantitative estimate of drug-likeness (QED) is 0.395. The number of anilines is 1. The summed E-state index contributed by atoms with van der Waals surface area (Å²) in [6.07, 6.45) is 1.63. The van der Waals surface area contributed by atoms with Crippen LogP contribution in [-0.2, 0) is 11.3 Å². The maximum absolute atomic E-state index is 12.8. The van der Waals surface area contributed by atoms with E-state index < -0.39 is 5.25 Å². The lowest BCUT2D eigenvalue weighted by Crippen LogP contribution is -2.26. The first-order valence-corrected chi connectivity index (χ1v) is 9.49. The van der Waals surface area contributed by atoms with Gasteiger partial charge in [0.2, 0.25) is 5.91 Å². The summed E-state index contributed by atoms with van der Waals surface area (Å²) in [7, 11) is 0. The molecule has 1 atom stereocenters. The summed E-state index contributed by atoms with van der Waals surface area (Å²) in [6, 6.07) is 15.9. The molecule has 0 bridgehead atoms. The van der Waals surface area contributed by atoms with Gasteiger partial charge in [-0.1, -0.05) is 36.0 Å². The van der Waals surface area contributed by atoms with Gasteiger partial charge < -0.3 is 5.32 Å². The molecule has 1 heterocycles. The summed E-state index contributed by atoms with van der Waals surface area (Å²) >= 11 is 1.20. The van der Waals surface area contributed by atoms with E-state index in [1.54, 1.807) is 55.5 Å². The van der Waals surface area contributed by atoms with Crippen molar-refractivity contribution in [3.8, 4) is 6.07 Å². The van der Waals surface area contributed by atoms with E-state index in [-0.39, 0.29) is 11.5 Å². The molecule has 2 aromatic carbocycles. The van der Waals surface area contributed by atoms with Crippen LogP contribution in [0.15, 0.2) is 71.1 Å². The topological polar surface area (TPSA) is 87.8 Å². The minimum Gasteiger partial charge on any atom is -0.325 e. The standard InChI is InChI=1S/C21H18N4O2S/c1-3-11-25-20(27)17-9-4-5-10-18(17)24-21(25)28-14(2)19(26)23-16-8-6-7-15(12-16)13-22/h3-10,12,14H,1,11H2,2H3,(H,23,26)/t14-/m1/s1. The minimum atomic E-state index is -0.505. The lowest BCUT2D eigenvalue weighted by atomic mass is 10.2. The summed E-state index contributed by atoms with van der Waals surface area (Å²) < 4.78 is 1.51. The largest absolute Gasteiger partial charge is 0.325 e. The second-order valence-corrected chi connectivity index (χ2v) is 7.37. The van der Waals surface area contributed by atoms with Crippen LogP contribution in [0.4, 0.5) is 5.69 Å². The number of fused-ring (bicyclic) bond motifs is 1. The van der Waals surface area contributed by atoms with Crippen LogP contribution in [-0.4, -0.2) is 20.7 Å². The Balaban J connectivity index is 1.87. The second-order valence-electron chi connectivity index (χ2n) is 6.06. The fourth-order valence-corrected chi connectivity index (χ4v) is 3.57.